The lowest BCUT2D eigenvalue weighted by atomic mass is 9.90. The molecule has 0 heterocycles. The van der Waals surface area contributed by atoms with Crippen molar-refractivity contribution < 1.29 is 13.2 Å². The number of rotatable bonds is 1. The Morgan fingerprint density at radius 2 is 1.30 bits per heavy atom. The molecule has 0 aliphatic heterocycles. The van der Waals surface area contributed by atoms with Crippen LogP contribution in [-0.4, -0.2) is 6.18 Å². The predicted octanol–water partition coefficient (Wildman–Crippen LogP) is 3.38. The van der Waals surface area contributed by atoms with E-state index in [1.807, 2.05) is 0 Å². The van der Waals surface area contributed by atoms with Gasteiger partial charge < -0.3 is 0 Å². The van der Waals surface area contributed by atoms with Crippen LogP contribution in [0.25, 0.3) is 0 Å². The topological polar surface area (TPSA) is 0 Å². The van der Waals surface area contributed by atoms with Crippen molar-refractivity contribution in [1.82, 2.24) is 0 Å². The average molecular weight is 154 g/mol. The fraction of sp³-hybridized carbons (Fsp3) is 1.00. The van der Waals surface area contributed by atoms with Gasteiger partial charge >= 0.3 is 6.18 Å². The summed E-state index contributed by atoms with van der Waals surface area (Å²) >= 11 is 0. The van der Waals surface area contributed by atoms with Crippen LogP contribution >= 0.6 is 0 Å². The van der Waals surface area contributed by atoms with Gasteiger partial charge in [-0.05, 0) is 11.8 Å². The standard InChI is InChI=1S/C7H13F3/c1-6(2,3)4-5-7(8,9)10/h4-5H2,1-3H3. The highest BCUT2D eigenvalue weighted by molar-refractivity contribution is 4.63. The first-order chi connectivity index (χ1) is 4.21. The summed E-state index contributed by atoms with van der Waals surface area (Å²) in [4.78, 5) is 0. The Morgan fingerprint density at radius 3 is 1.40 bits per heavy atom. The van der Waals surface area contributed by atoms with Gasteiger partial charge in [-0.25, -0.2) is 0 Å². The van der Waals surface area contributed by atoms with Crippen LogP contribution in [-0.2, 0) is 0 Å². The zero-order valence-electron chi connectivity index (χ0n) is 6.55. The lowest BCUT2D eigenvalue weighted by Gasteiger charge is -2.18. The molecule has 0 amide bonds. The molecule has 10 heavy (non-hydrogen) atoms. The summed E-state index contributed by atoms with van der Waals surface area (Å²) in [5.74, 6) is 0. The van der Waals surface area contributed by atoms with Gasteiger partial charge in [-0.1, -0.05) is 20.8 Å². The summed E-state index contributed by atoms with van der Waals surface area (Å²) in [6, 6.07) is 0. The first-order valence-electron chi connectivity index (χ1n) is 3.27. The number of halogens is 3. The summed E-state index contributed by atoms with van der Waals surface area (Å²) < 4.78 is 34.8. The molecule has 0 rings (SSSR count). The Balaban J connectivity index is 3.56. The number of hydrogen-bond donors (Lipinski definition) is 0. The van der Waals surface area contributed by atoms with Gasteiger partial charge in [-0.2, -0.15) is 13.2 Å². The normalized spacial score (nSPS) is 13.8. The van der Waals surface area contributed by atoms with E-state index in [0.717, 1.165) is 0 Å². The SMILES string of the molecule is CC(C)(C)CCC(F)(F)F. The third kappa shape index (κ3) is 7.79. The van der Waals surface area contributed by atoms with Gasteiger partial charge in [-0.3, -0.25) is 0 Å². The summed E-state index contributed by atoms with van der Waals surface area (Å²) in [5, 5.41) is 0. The van der Waals surface area contributed by atoms with Crippen LogP contribution in [0.3, 0.4) is 0 Å². The molecule has 0 aromatic carbocycles. The van der Waals surface area contributed by atoms with Crippen molar-refractivity contribution in [1.29, 1.82) is 0 Å². The monoisotopic (exact) mass is 154 g/mol. The predicted molar refractivity (Wildman–Crippen MR) is 34.7 cm³/mol. The molecule has 3 heteroatoms. The highest BCUT2D eigenvalue weighted by Crippen LogP contribution is 2.29. The maximum absolute atomic E-state index is 11.6. The van der Waals surface area contributed by atoms with Crippen molar-refractivity contribution in [2.45, 2.75) is 39.8 Å². The van der Waals surface area contributed by atoms with E-state index in [9.17, 15) is 13.2 Å². The summed E-state index contributed by atoms with van der Waals surface area (Å²) in [7, 11) is 0. The van der Waals surface area contributed by atoms with E-state index in [1.165, 1.54) is 0 Å². The summed E-state index contributed by atoms with van der Waals surface area (Å²) in [6.07, 6.45) is -4.46. The van der Waals surface area contributed by atoms with Crippen LogP contribution in [0.5, 0.6) is 0 Å². The molecule has 0 aliphatic carbocycles. The van der Waals surface area contributed by atoms with Crippen LogP contribution in [0.2, 0.25) is 0 Å². The molecule has 0 saturated heterocycles. The van der Waals surface area contributed by atoms with Crippen molar-refractivity contribution in [3.05, 3.63) is 0 Å². The summed E-state index contributed by atoms with van der Waals surface area (Å²) in [6.45, 7) is 5.41. The maximum atomic E-state index is 11.6. The van der Waals surface area contributed by atoms with Gasteiger partial charge in [0, 0.05) is 6.42 Å². The van der Waals surface area contributed by atoms with Gasteiger partial charge in [0.1, 0.15) is 0 Å². The molecule has 0 aromatic heterocycles. The molecule has 0 saturated carbocycles. The molecule has 62 valence electrons. The van der Waals surface area contributed by atoms with Crippen LogP contribution in [0.1, 0.15) is 33.6 Å². The molecule has 0 spiro atoms. The van der Waals surface area contributed by atoms with Crippen LogP contribution < -0.4 is 0 Å². The minimum absolute atomic E-state index is 0.205. The number of alkyl halides is 3. The first kappa shape index (κ1) is 9.79. The molecule has 0 N–H and O–H groups in total. The maximum Gasteiger partial charge on any atom is 0.389 e. The second kappa shape index (κ2) is 2.81. The molecule has 0 bridgehead atoms. The first-order valence-corrected chi connectivity index (χ1v) is 3.27. The van der Waals surface area contributed by atoms with Gasteiger partial charge in [0.05, 0.1) is 0 Å². The average Bonchev–Trinajstić information content (AvgIpc) is 1.57. The Labute approximate surface area is 59.4 Å². The van der Waals surface area contributed by atoms with Crippen molar-refractivity contribution in [3.8, 4) is 0 Å². The molecule has 0 unspecified atom stereocenters. The number of hydrogen-bond acceptors (Lipinski definition) is 0. The molecule has 0 nitrogen and oxygen atoms in total. The zero-order valence-corrected chi connectivity index (χ0v) is 6.55. The quantitative estimate of drug-likeness (QED) is 0.543. The zero-order chi connectivity index (χ0) is 8.41. The van der Waals surface area contributed by atoms with Crippen molar-refractivity contribution in [3.63, 3.8) is 0 Å². The van der Waals surface area contributed by atoms with E-state index in [1.54, 1.807) is 20.8 Å². The Morgan fingerprint density at radius 1 is 0.900 bits per heavy atom. The highest BCUT2D eigenvalue weighted by atomic mass is 19.4. The van der Waals surface area contributed by atoms with Gasteiger partial charge in [0.15, 0.2) is 0 Å². The van der Waals surface area contributed by atoms with Crippen LogP contribution in [0.4, 0.5) is 13.2 Å². The van der Waals surface area contributed by atoms with Gasteiger partial charge in [-0.15, -0.1) is 0 Å². The molecule has 0 aromatic rings. The van der Waals surface area contributed by atoms with Crippen LogP contribution in [0.15, 0.2) is 0 Å². The van der Waals surface area contributed by atoms with Gasteiger partial charge in [0.25, 0.3) is 0 Å². The molecular formula is C7H13F3. The second-order valence-corrected chi connectivity index (χ2v) is 3.68. The molecule has 0 fully saturated rings. The molecule has 0 aliphatic rings. The van der Waals surface area contributed by atoms with E-state index < -0.39 is 12.6 Å². The fourth-order valence-corrected chi connectivity index (χ4v) is 0.517. The highest BCUT2D eigenvalue weighted by Gasteiger charge is 2.28. The lowest BCUT2D eigenvalue weighted by Crippen LogP contribution is -2.13. The van der Waals surface area contributed by atoms with Crippen molar-refractivity contribution in [2.24, 2.45) is 5.41 Å². The minimum Gasteiger partial charge on any atom is -0.171 e. The smallest absolute Gasteiger partial charge is 0.171 e. The third-order valence-electron chi connectivity index (χ3n) is 1.16. The Kier molecular flexibility index (Phi) is 2.75. The van der Waals surface area contributed by atoms with E-state index in [4.69, 9.17) is 0 Å². The minimum atomic E-state index is -3.99. The third-order valence-corrected chi connectivity index (χ3v) is 1.16. The molecular weight excluding hydrogens is 141 g/mol. The van der Waals surface area contributed by atoms with E-state index in [2.05, 4.69) is 0 Å². The van der Waals surface area contributed by atoms with Gasteiger partial charge in [0.2, 0.25) is 0 Å². The lowest BCUT2D eigenvalue weighted by molar-refractivity contribution is -0.139. The Hall–Kier alpha value is -0.210. The largest absolute Gasteiger partial charge is 0.389 e. The molecule has 0 atom stereocenters. The van der Waals surface area contributed by atoms with Crippen molar-refractivity contribution in [2.75, 3.05) is 0 Å². The van der Waals surface area contributed by atoms with E-state index in [-0.39, 0.29) is 11.8 Å². The van der Waals surface area contributed by atoms with Crippen molar-refractivity contribution >= 4 is 0 Å². The van der Waals surface area contributed by atoms with Crippen LogP contribution in [0, 0.1) is 5.41 Å². The Bertz CT molecular complexity index is 82.4. The van der Waals surface area contributed by atoms with E-state index in [0.29, 0.717) is 0 Å². The van der Waals surface area contributed by atoms with E-state index >= 15 is 0 Å². The second-order valence-electron chi connectivity index (χ2n) is 3.68. The molecule has 0 radical (unpaired) electrons. The summed E-state index contributed by atoms with van der Waals surface area (Å²) in [5.41, 5.74) is -0.213. The fourth-order valence-electron chi connectivity index (χ4n) is 0.517.